The lowest BCUT2D eigenvalue weighted by Crippen LogP contribution is -2.18. The van der Waals surface area contributed by atoms with Gasteiger partial charge in [0.1, 0.15) is 0 Å². The lowest BCUT2D eigenvalue weighted by atomic mass is 10.2. The molecule has 0 aliphatic heterocycles. The highest BCUT2D eigenvalue weighted by molar-refractivity contribution is 9.10. The maximum atomic E-state index is 12.0. The van der Waals surface area contributed by atoms with Gasteiger partial charge in [-0.25, -0.2) is 4.83 Å². The molecule has 126 valence electrons. The molecule has 0 saturated carbocycles. The Hall–Kier alpha value is -2.46. The number of benzene rings is 2. The van der Waals surface area contributed by atoms with E-state index in [-0.39, 0.29) is 16.3 Å². The van der Waals surface area contributed by atoms with E-state index in [4.69, 9.17) is 4.74 Å². The standard InChI is InChI=1S/C14H12BrN3O5S/c1-23-14-7-2-10(8-13(14)18(19)20)9-16-17-24(21,22)12-5-3-11(15)4-6-12/h2-9,17H,1H3/b16-9+. The highest BCUT2D eigenvalue weighted by atomic mass is 79.9. The van der Waals surface area contributed by atoms with Gasteiger partial charge < -0.3 is 4.74 Å². The van der Waals surface area contributed by atoms with Gasteiger partial charge in [0.2, 0.25) is 0 Å². The Bertz CT molecular complexity index is 882. The largest absolute Gasteiger partial charge is 0.490 e. The van der Waals surface area contributed by atoms with Crippen molar-refractivity contribution in [3.05, 3.63) is 62.6 Å². The van der Waals surface area contributed by atoms with Crippen molar-refractivity contribution in [3.63, 3.8) is 0 Å². The van der Waals surface area contributed by atoms with Crippen LogP contribution in [0.4, 0.5) is 5.69 Å². The summed E-state index contributed by atoms with van der Waals surface area (Å²) in [7, 11) is -2.49. The second-order valence-electron chi connectivity index (χ2n) is 4.50. The van der Waals surface area contributed by atoms with Gasteiger partial charge in [0.25, 0.3) is 10.0 Å². The molecule has 24 heavy (non-hydrogen) atoms. The minimum Gasteiger partial charge on any atom is -0.490 e. The molecule has 1 N–H and O–H groups in total. The van der Waals surface area contributed by atoms with Gasteiger partial charge in [-0.2, -0.15) is 13.5 Å². The van der Waals surface area contributed by atoms with Crippen LogP contribution in [0.1, 0.15) is 5.56 Å². The number of ether oxygens (including phenoxy) is 1. The number of hydrogen-bond donors (Lipinski definition) is 1. The van der Waals surface area contributed by atoms with Gasteiger partial charge in [0, 0.05) is 16.1 Å². The topological polar surface area (TPSA) is 111 Å². The van der Waals surface area contributed by atoms with E-state index >= 15 is 0 Å². The van der Waals surface area contributed by atoms with Crippen molar-refractivity contribution >= 4 is 37.9 Å². The van der Waals surface area contributed by atoms with Crippen molar-refractivity contribution in [2.45, 2.75) is 4.90 Å². The number of hydrazone groups is 1. The van der Waals surface area contributed by atoms with Gasteiger partial charge in [-0.3, -0.25) is 10.1 Å². The third kappa shape index (κ3) is 4.30. The summed E-state index contributed by atoms with van der Waals surface area (Å²) in [6, 6.07) is 10.2. The van der Waals surface area contributed by atoms with E-state index in [1.807, 2.05) is 4.83 Å². The van der Waals surface area contributed by atoms with Gasteiger partial charge in [0.15, 0.2) is 5.75 Å². The zero-order valence-electron chi connectivity index (χ0n) is 12.3. The van der Waals surface area contributed by atoms with Crippen LogP contribution < -0.4 is 9.57 Å². The fourth-order valence-corrected chi connectivity index (χ4v) is 2.82. The number of methoxy groups -OCH3 is 1. The fraction of sp³-hybridized carbons (Fsp3) is 0.0714. The Morgan fingerprint density at radius 3 is 2.50 bits per heavy atom. The molecule has 10 heteroatoms. The Kier molecular flexibility index (Phi) is 5.52. The summed E-state index contributed by atoms with van der Waals surface area (Å²) in [6.07, 6.45) is 1.17. The van der Waals surface area contributed by atoms with Crippen molar-refractivity contribution in [3.8, 4) is 5.75 Å². The van der Waals surface area contributed by atoms with Crippen LogP contribution in [0.3, 0.4) is 0 Å². The van der Waals surface area contributed by atoms with Crippen LogP contribution >= 0.6 is 15.9 Å². The lowest BCUT2D eigenvalue weighted by Gasteiger charge is -2.04. The van der Waals surface area contributed by atoms with Crippen LogP contribution in [0.2, 0.25) is 0 Å². The molecule has 0 bridgehead atoms. The third-order valence-corrected chi connectivity index (χ3v) is 4.68. The zero-order chi connectivity index (χ0) is 17.7. The van der Waals surface area contributed by atoms with Crippen LogP contribution in [0.5, 0.6) is 5.75 Å². The van der Waals surface area contributed by atoms with E-state index in [1.165, 1.54) is 43.7 Å². The maximum absolute atomic E-state index is 12.0. The molecule has 2 rings (SSSR count). The molecule has 2 aromatic rings. The van der Waals surface area contributed by atoms with Crippen LogP contribution in [-0.4, -0.2) is 26.7 Å². The Morgan fingerprint density at radius 1 is 1.25 bits per heavy atom. The van der Waals surface area contributed by atoms with Crippen molar-refractivity contribution < 1.29 is 18.1 Å². The molecule has 0 spiro atoms. The maximum Gasteiger partial charge on any atom is 0.311 e. The summed E-state index contributed by atoms with van der Waals surface area (Å²) in [4.78, 5) is 12.4. The molecule has 0 radical (unpaired) electrons. The van der Waals surface area contributed by atoms with Crippen LogP contribution in [0, 0.1) is 10.1 Å². The molecular formula is C14H12BrN3O5S. The second-order valence-corrected chi connectivity index (χ2v) is 7.07. The van der Waals surface area contributed by atoms with E-state index in [0.717, 1.165) is 4.47 Å². The Balaban J connectivity index is 2.18. The molecule has 0 aliphatic rings. The molecule has 0 unspecified atom stereocenters. The number of nitro benzene ring substituents is 1. The summed E-state index contributed by atoms with van der Waals surface area (Å²) < 4.78 is 29.7. The molecule has 0 heterocycles. The highest BCUT2D eigenvalue weighted by Gasteiger charge is 2.15. The number of halogens is 1. The van der Waals surface area contributed by atoms with Gasteiger partial charge in [-0.05, 0) is 36.4 Å². The van der Waals surface area contributed by atoms with E-state index in [9.17, 15) is 18.5 Å². The average Bonchev–Trinajstić information content (AvgIpc) is 2.55. The summed E-state index contributed by atoms with van der Waals surface area (Å²) in [6.45, 7) is 0. The van der Waals surface area contributed by atoms with Crippen LogP contribution in [0.25, 0.3) is 0 Å². The molecule has 0 aromatic heterocycles. The Labute approximate surface area is 146 Å². The summed E-state index contributed by atoms with van der Waals surface area (Å²) in [5.41, 5.74) is 0.109. The van der Waals surface area contributed by atoms with E-state index in [2.05, 4.69) is 21.0 Å². The van der Waals surface area contributed by atoms with Crippen LogP contribution in [-0.2, 0) is 10.0 Å². The first-order valence-corrected chi connectivity index (χ1v) is 8.74. The molecule has 0 saturated heterocycles. The van der Waals surface area contributed by atoms with E-state index in [1.54, 1.807) is 12.1 Å². The monoisotopic (exact) mass is 413 g/mol. The number of rotatable bonds is 6. The van der Waals surface area contributed by atoms with Crippen molar-refractivity contribution in [2.75, 3.05) is 7.11 Å². The summed E-state index contributed by atoms with van der Waals surface area (Å²) in [5.74, 6) is 0.104. The smallest absolute Gasteiger partial charge is 0.311 e. The zero-order valence-corrected chi connectivity index (χ0v) is 14.7. The SMILES string of the molecule is COc1ccc(/C=N/NS(=O)(=O)c2ccc(Br)cc2)cc1[N+](=O)[O-]. The summed E-state index contributed by atoms with van der Waals surface area (Å²) in [5, 5.41) is 14.6. The summed E-state index contributed by atoms with van der Waals surface area (Å²) >= 11 is 3.22. The number of sulfonamides is 1. The van der Waals surface area contributed by atoms with Crippen molar-refractivity contribution in [1.29, 1.82) is 0 Å². The first kappa shape index (κ1) is 17.9. The molecule has 0 aliphatic carbocycles. The van der Waals surface area contributed by atoms with Crippen LogP contribution in [0.15, 0.2) is 56.9 Å². The number of hydrogen-bond acceptors (Lipinski definition) is 6. The number of nitrogens with one attached hydrogen (secondary N) is 1. The van der Waals surface area contributed by atoms with E-state index < -0.39 is 14.9 Å². The quantitative estimate of drug-likeness (QED) is 0.444. The van der Waals surface area contributed by atoms with Gasteiger partial charge in [-0.15, -0.1) is 0 Å². The second kappa shape index (κ2) is 7.41. The van der Waals surface area contributed by atoms with Crippen molar-refractivity contribution in [2.24, 2.45) is 5.10 Å². The average molecular weight is 414 g/mol. The number of nitro groups is 1. The van der Waals surface area contributed by atoms with Gasteiger partial charge in [-0.1, -0.05) is 15.9 Å². The van der Waals surface area contributed by atoms with Gasteiger partial charge in [0.05, 0.1) is 23.1 Å². The van der Waals surface area contributed by atoms with Gasteiger partial charge >= 0.3 is 5.69 Å². The normalized spacial score (nSPS) is 11.4. The van der Waals surface area contributed by atoms with E-state index in [0.29, 0.717) is 5.56 Å². The molecule has 0 amide bonds. The third-order valence-electron chi connectivity index (χ3n) is 2.91. The first-order valence-electron chi connectivity index (χ1n) is 6.46. The molecule has 0 atom stereocenters. The first-order chi connectivity index (χ1) is 11.3. The minimum atomic E-state index is -3.81. The minimum absolute atomic E-state index is 0.0450. The Morgan fingerprint density at radius 2 is 1.92 bits per heavy atom. The van der Waals surface area contributed by atoms with Crippen molar-refractivity contribution in [1.82, 2.24) is 4.83 Å². The molecular weight excluding hydrogens is 402 g/mol. The highest BCUT2D eigenvalue weighted by Crippen LogP contribution is 2.26. The number of nitrogens with zero attached hydrogens (tertiary/aromatic N) is 2. The lowest BCUT2D eigenvalue weighted by molar-refractivity contribution is -0.385. The molecule has 2 aromatic carbocycles. The molecule has 8 nitrogen and oxygen atoms in total. The molecule has 0 fully saturated rings. The fourth-order valence-electron chi connectivity index (χ4n) is 1.77. The predicted molar refractivity (Wildman–Crippen MR) is 91.7 cm³/mol. The predicted octanol–water partition coefficient (Wildman–Crippen LogP) is 2.68.